The fourth-order valence-electron chi connectivity index (χ4n) is 3.68. The van der Waals surface area contributed by atoms with Crippen molar-refractivity contribution in [3.63, 3.8) is 0 Å². The molecule has 2 amide bonds. The number of aromatic amines is 1. The Morgan fingerprint density at radius 2 is 2.00 bits per heavy atom. The van der Waals surface area contributed by atoms with Crippen LogP contribution in [0.2, 0.25) is 0 Å². The van der Waals surface area contributed by atoms with E-state index in [1.165, 1.54) is 24.4 Å². The lowest BCUT2D eigenvalue weighted by Gasteiger charge is -2.28. The molecule has 0 saturated carbocycles. The van der Waals surface area contributed by atoms with E-state index in [-0.39, 0.29) is 30.0 Å². The molecule has 2 aromatic carbocycles. The van der Waals surface area contributed by atoms with Gasteiger partial charge < -0.3 is 10.6 Å². The summed E-state index contributed by atoms with van der Waals surface area (Å²) in [6.45, 7) is 1.60. The maximum atomic E-state index is 14.4. The number of nitrogens with one attached hydrogen (secondary N) is 3. The summed E-state index contributed by atoms with van der Waals surface area (Å²) in [6, 6.07) is 5.79. The zero-order valence-corrected chi connectivity index (χ0v) is 15.9. The fraction of sp³-hybridized carbons (Fsp3) is 0.190. The van der Waals surface area contributed by atoms with Gasteiger partial charge in [-0.1, -0.05) is 6.07 Å². The maximum Gasteiger partial charge on any atom is 0.228 e. The second-order valence-electron chi connectivity index (χ2n) is 7.14. The largest absolute Gasteiger partial charge is 0.330 e. The van der Waals surface area contributed by atoms with Gasteiger partial charge >= 0.3 is 0 Å². The normalized spacial score (nSPS) is 16.7. The minimum Gasteiger partial charge on any atom is -0.330 e. The van der Waals surface area contributed by atoms with E-state index in [0.717, 1.165) is 12.1 Å². The van der Waals surface area contributed by atoms with Crippen LogP contribution in [0.4, 0.5) is 18.9 Å². The number of H-pyrrole nitrogens is 1. The number of rotatable bonds is 4. The highest BCUT2D eigenvalue weighted by atomic mass is 19.1. The number of carbonyl (C=O) groups is 2. The molecule has 1 aliphatic heterocycles. The first-order valence-corrected chi connectivity index (χ1v) is 9.18. The van der Waals surface area contributed by atoms with Crippen molar-refractivity contribution in [2.45, 2.75) is 25.7 Å². The Morgan fingerprint density at radius 1 is 1.20 bits per heavy atom. The molecule has 1 aliphatic rings. The summed E-state index contributed by atoms with van der Waals surface area (Å²) >= 11 is 0. The van der Waals surface area contributed by atoms with E-state index in [0.29, 0.717) is 22.2 Å². The van der Waals surface area contributed by atoms with Gasteiger partial charge in [0.2, 0.25) is 11.8 Å². The van der Waals surface area contributed by atoms with Crippen LogP contribution < -0.4 is 10.6 Å². The third kappa shape index (κ3) is 3.78. The summed E-state index contributed by atoms with van der Waals surface area (Å²) in [5, 5.41) is 12.2. The van der Waals surface area contributed by atoms with Crippen molar-refractivity contribution in [3.05, 3.63) is 70.8 Å². The van der Waals surface area contributed by atoms with Crippen molar-refractivity contribution in [3.8, 4) is 0 Å². The lowest BCUT2D eigenvalue weighted by Crippen LogP contribution is -2.32. The van der Waals surface area contributed by atoms with Gasteiger partial charge in [-0.2, -0.15) is 5.10 Å². The topological polar surface area (TPSA) is 86.9 Å². The molecule has 0 aliphatic carbocycles. The number of amides is 2. The monoisotopic (exact) mass is 414 g/mol. The molecular formula is C21H17F3N4O2. The number of hydrogen-bond donors (Lipinski definition) is 3. The van der Waals surface area contributed by atoms with Gasteiger partial charge in [0, 0.05) is 35.6 Å². The third-order valence-corrected chi connectivity index (χ3v) is 5.11. The van der Waals surface area contributed by atoms with Crippen LogP contribution in [0.25, 0.3) is 10.9 Å². The Kier molecular flexibility index (Phi) is 5.03. The van der Waals surface area contributed by atoms with Crippen LogP contribution in [0.15, 0.2) is 47.8 Å². The second kappa shape index (κ2) is 7.66. The summed E-state index contributed by atoms with van der Waals surface area (Å²) < 4.78 is 41.9. The Labute approximate surface area is 169 Å². The number of halogens is 3. The van der Waals surface area contributed by atoms with Crippen molar-refractivity contribution in [1.82, 2.24) is 15.5 Å². The Balaban J connectivity index is 1.61. The first-order valence-electron chi connectivity index (χ1n) is 9.18. The SMILES string of the molecule is CC1=C(CC(=O)Nc2cc3cn[nH]c3cc2F)C(c2ccc(F)cc2F)CC(=O)N1. The van der Waals surface area contributed by atoms with E-state index in [4.69, 9.17) is 0 Å². The number of fused-ring (bicyclic) bond motifs is 1. The van der Waals surface area contributed by atoms with Gasteiger partial charge in [-0.3, -0.25) is 14.7 Å². The fourth-order valence-corrected chi connectivity index (χ4v) is 3.68. The van der Waals surface area contributed by atoms with Crippen molar-refractivity contribution < 1.29 is 22.8 Å². The van der Waals surface area contributed by atoms with Crippen molar-refractivity contribution in [2.24, 2.45) is 0 Å². The summed E-state index contributed by atoms with van der Waals surface area (Å²) in [5.74, 6) is -3.76. The quantitative estimate of drug-likeness (QED) is 0.606. The van der Waals surface area contributed by atoms with Gasteiger partial charge in [-0.05, 0) is 30.2 Å². The van der Waals surface area contributed by atoms with E-state index in [9.17, 15) is 22.8 Å². The number of aromatic nitrogens is 2. The molecule has 3 N–H and O–H groups in total. The van der Waals surface area contributed by atoms with Gasteiger partial charge in [0.1, 0.15) is 17.5 Å². The average molecular weight is 414 g/mol. The molecule has 3 aromatic rings. The molecule has 30 heavy (non-hydrogen) atoms. The molecule has 1 atom stereocenters. The highest BCUT2D eigenvalue weighted by molar-refractivity contribution is 5.95. The molecule has 9 heteroatoms. The van der Waals surface area contributed by atoms with Crippen LogP contribution in [-0.4, -0.2) is 22.0 Å². The number of nitrogens with zero attached hydrogens (tertiary/aromatic N) is 1. The number of allylic oxidation sites excluding steroid dienone is 1. The smallest absolute Gasteiger partial charge is 0.228 e. The first kappa shape index (κ1) is 19.7. The Morgan fingerprint density at radius 3 is 2.77 bits per heavy atom. The zero-order valence-electron chi connectivity index (χ0n) is 15.9. The van der Waals surface area contributed by atoms with Crippen LogP contribution in [0.3, 0.4) is 0 Å². The van der Waals surface area contributed by atoms with E-state index in [1.807, 2.05) is 0 Å². The molecule has 1 unspecified atom stereocenters. The third-order valence-electron chi connectivity index (χ3n) is 5.11. The summed E-state index contributed by atoms with van der Waals surface area (Å²) in [5.41, 5.74) is 1.49. The molecule has 154 valence electrons. The number of benzene rings is 2. The highest BCUT2D eigenvalue weighted by Gasteiger charge is 2.30. The van der Waals surface area contributed by atoms with E-state index >= 15 is 0 Å². The molecule has 0 bridgehead atoms. The zero-order chi connectivity index (χ0) is 21.4. The average Bonchev–Trinajstić information content (AvgIpc) is 3.11. The van der Waals surface area contributed by atoms with Gasteiger partial charge in [0.05, 0.1) is 23.8 Å². The molecule has 0 spiro atoms. The molecule has 0 radical (unpaired) electrons. The second-order valence-corrected chi connectivity index (χ2v) is 7.14. The van der Waals surface area contributed by atoms with Crippen molar-refractivity contribution in [1.29, 1.82) is 0 Å². The van der Waals surface area contributed by atoms with E-state index in [1.54, 1.807) is 6.92 Å². The highest BCUT2D eigenvalue weighted by Crippen LogP contribution is 2.36. The van der Waals surface area contributed by atoms with Gasteiger partial charge in [-0.25, -0.2) is 13.2 Å². The number of hydrogen-bond acceptors (Lipinski definition) is 3. The minimum atomic E-state index is -0.795. The van der Waals surface area contributed by atoms with Gasteiger partial charge in [0.15, 0.2) is 0 Å². The van der Waals surface area contributed by atoms with Crippen LogP contribution in [0.5, 0.6) is 0 Å². The van der Waals surface area contributed by atoms with Crippen LogP contribution in [-0.2, 0) is 9.59 Å². The number of carbonyl (C=O) groups excluding carboxylic acids is 2. The molecule has 2 heterocycles. The van der Waals surface area contributed by atoms with Gasteiger partial charge in [-0.15, -0.1) is 0 Å². The first-order chi connectivity index (χ1) is 14.3. The van der Waals surface area contributed by atoms with Crippen LogP contribution in [0.1, 0.15) is 31.2 Å². The summed E-state index contributed by atoms with van der Waals surface area (Å²) in [6.07, 6.45) is 1.22. The molecule has 6 nitrogen and oxygen atoms in total. The van der Waals surface area contributed by atoms with Crippen molar-refractivity contribution >= 4 is 28.4 Å². The molecule has 1 aromatic heterocycles. The molecule has 0 saturated heterocycles. The van der Waals surface area contributed by atoms with Gasteiger partial charge in [0.25, 0.3) is 0 Å². The molecule has 4 rings (SSSR count). The summed E-state index contributed by atoms with van der Waals surface area (Å²) in [7, 11) is 0. The predicted octanol–water partition coefficient (Wildman–Crippen LogP) is 3.89. The Bertz CT molecular complexity index is 1200. The van der Waals surface area contributed by atoms with Crippen LogP contribution >= 0.6 is 0 Å². The molecular weight excluding hydrogens is 397 g/mol. The standard InChI is InChI=1S/C21H17F3N4O2/c1-10-14(15(7-20(29)26-10)13-3-2-12(22)5-16(13)23)6-21(30)27-19-4-11-9-25-28-18(11)8-17(19)24/h2-5,8-9,15H,6-7H2,1H3,(H,25,28)(H,26,29)(H,27,30). The maximum absolute atomic E-state index is 14.4. The van der Waals surface area contributed by atoms with E-state index in [2.05, 4.69) is 20.8 Å². The predicted molar refractivity (Wildman–Crippen MR) is 104 cm³/mol. The lowest BCUT2D eigenvalue weighted by atomic mass is 9.82. The summed E-state index contributed by atoms with van der Waals surface area (Å²) in [4.78, 5) is 24.6. The van der Waals surface area contributed by atoms with E-state index < -0.39 is 29.3 Å². The van der Waals surface area contributed by atoms with Crippen molar-refractivity contribution in [2.75, 3.05) is 5.32 Å². The Hall–Kier alpha value is -3.62. The minimum absolute atomic E-state index is 0.0171. The lowest BCUT2D eigenvalue weighted by molar-refractivity contribution is -0.121. The number of anilines is 1. The molecule has 0 fully saturated rings. The van der Waals surface area contributed by atoms with Crippen LogP contribution in [0, 0.1) is 17.5 Å².